The number of carbonyl (C=O) groups is 2. The summed E-state index contributed by atoms with van der Waals surface area (Å²) in [6.07, 6.45) is 1.40. The molecule has 0 saturated heterocycles. The molecule has 0 unspecified atom stereocenters. The fraction of sp³-hybridized carbons (Fsp3) is 0.417. The number of nitrogens with zero attached hydrogens (tertiary/aromatic N) is 2. The second-order valence-electron chi connectivity index (χ2n) is 8.46. The Bertz CT molecular complexity index is 1070. The predicted molar refractivity (Wildman–Crippen MR) is 138 cm³/mol. The molecule has 2 rings (SSSR count). The Kier molecular flexibility index (Phi) is 10.2. The molecule has 7 nitrogen and oxygen atoms in total. The minimum atomic E-state index is -3.79. The monoisotopic (exact) mass is 527 g/mol. The van der Waals surface area contributed by atoms with E-state index in [9.17, 15) is 18.0 Å². The number of hydrogen-bond donors (Lipinski definition) is 1. The predicted octanol–water partition coefficient (Wildman–Crippen LogP) is 4.34. The van der Waals surface area contributed by atoms with Crippen molar-refractivity contribution in [2.24, 2.45) is 5.92 Å². The number of carbonyl (C=O) groups excluding carboxylic acids is 2. The topological polar surface area (TPSA) is 86.8 Å². The fourth-order valence-electron chi connectivity index (χ4n) is 3.35. The molecule has 0 saturated carbocycles. The molecule has 0 spiro atoms. The zero-order valence-corrected chi connectivity index (χ0v) is 22.1. The van der Waals surface area contributed by atoms with E-state index in [2.05, 4.69) is 5.32 Å². The lowest BCUT2D eigenvalue weighted by molar-refractivity contribution is -0.140. The second kappa shape index (κ2) is 12.4. The molecule has 0 radical (unpaired) electrons. The van der Waals surface area contributed by atoms with E-state index < -0.39 is 28.5 Å². The van der Waals surface area contributed by atoms with Crippen LogP contribution in [-0.2, 0) is 26.2 Å². The summed E-state index contributed by atoms with van der Waals surface area (Å²) in [5.74, 6) is -0.537. The van der Waals surface area contributed by atoms with Crippen LogP contribution in [-0.4, -0.2) is 50.5 Å². The number of hydrogen-bond acceptors (Lipinski definition) is 4. The molecule has 0 bridgehead atoms. The average molecular weight is 529 g/mol. The van der Waals surface area contributed by atoms with Crippen LogP contribution in [0.3, 0.4) is 0 Å². The highest BCUT2D eigenvalue weighted by molar-refractivity contribution is 7.92. The summed E-state index contributed by atoms with van der Waals surface area (Å²) in [6.45, 7) is 5.92. The van der Waals surface area contributed by atoms with Crippen molar-refractivity contribution in [1.29, 1.82) is 0 Å². The van der Waals surface area contributed by atoms with Crippen LogP contribution >= 0.6 is 23.2 Å². The maximum Gasteiger partial charge on any atom is 0.244 e. The van der Waals surface area contributed by atoms with E-state index in [1.54, 1.807) is 36.4 Å². The van der Waals surface area contributed by atoms with E-state index in [1.165, 1.54) is 17.0 Å². The van der Waals surface area contributed by atoms with Gasteiger partial charge in [-0.1, -0.05) is 56.1 Å². The number of halogens is 2. The second-order valence-corrected chi connectivity index (χ2v) is 11.2. The first-order valence-corrected chi connectivity index (χ1v) is 13.6. The summed E-state index contributed by atoms with van der Waals surface area (Å²) in [7, 11) is -3.79. The number of benzene rings is 2. The maximum atomic E-state index is 13.5. The summed E-state index contributed by atoms with van der Waals surface area (Å²) in [5.41, 5.74) is 1.08. The summed E-state index contributed by atoms with van der Waals surface area (Å²) in [4.78, 5) is 28.0. The molecule has 0 aliphatic carbocycles. The van der Waals surface area contributed by atoms with Gasteiger partial charge in [-0.25, -0.2) is 8.42 Å². The third-order valence-corrected chi connectivity index (χ3v) is 6.77. The molecule has 2 aromatic carbocycles. The molecule has 0 fully saturated rings. The quantitative estimate of drug-likeness (QED) is 0.470. The van der Waals surface area contributed by atoms with Gasteiger partial charge in [-0.05, 0) is 54.3 Å². The summed E-state index contributed by atoms with van der Waals surface area (Å²) >= 11 is 11.9. The zero-order chi connectivity index (χ0) is 25.5. The molecule has 0 aromatic heterocycles. The molecule has 1 atom stereocenters. The normalized spacial score (nSPS) is 12.3. The Labute approximate surface area is 212 Å². The van der Waals surface area contributed by atoms with Crippen molar-refractivity contribution in [3.8, 4) is 0 Å². The van der Waals surface area contributed by atoms with Crippen molar-refractivity contribution in [2.45, 2.75) is 39.8 Å². The van der Waals surface area contributed by atoms with Gasteiger partial charge in [0.1, 0.15) is 12.6 Å². The first kappa shape index (κ1) is 28.0. The van der Waals surface area contributed by atoms with Gasteiger partial charge in [0.25, 0.3) is 0 Å². The van der Waals surface area contributed by atoms with Gasteiger partial charge in [-0.3, -0.25) is 13.9 Å². The Balaban J connectivity index is 2.39. The maximum absolute atomic E-state index is 13.5. The third kappa shape index (κ3) is 8.18. The summed E-state index contributed by atoms with van der Waals surface area (Å²) in [5, 5.41) is 3.88. The zero-order valence-electron chi connectivity index (χ0n) is 19.8. The number of amides is 2. The van der Waals surface area contributed by atoms with Gasteiger partial charge in [-0.15, -0.1) is 0 Å². The molecule has 10 heteroatoms. The first-order chi connectivity index (χ1) is 15.9. The minimum Gasteiger partial charge on any atom is -0.354 e. The van der Waals surface area contributed by atoms with Gasteiger partial charge >= 0.3 is 0 Å². The number of rotatable bonds is 11. The van der Waals surface area contributed by atoms with Crippen LogP contribution in [0, 0.1) is 5.92 Å². The van der Waals surface area contributed by atoms with Crippen LogP contribution in [0.4, 0.5) is 5.69 Å². The van der Waals surface area contributed by atoms with Crippen LogP contribution in [0.1, 0.15) is 32.8 Å². The Morgan fingerprint density at radius 1 is 0.971 bits per heavy atom. The van der Waals surface area contributed by atoms with Crippen molar-refractivity contribution in [3.63, 3.8) is 0 Å². The molecule has 2 aromatic rings. The Hall–Kier alpha value is -2.29. The van der Waals surface area contributed by atoms with Gasteiger partial charge in [0, 0.05) is 23.1 Å². The number of sulfonamides is 1. The van der Waals surface area contributed by atoms with Crippen LogP contribution < -0.4 is 9.62 Å². The fourth-order valence-corrected chi connectivity index (χ4v) is 4.45. The van der Waals surface area contributed by atoms with Gasteiger partial charge in [0.05, 0.1) is 11.9 Å². The lowest BCUT2D eigenvalue weighted by Gasteiger charge is -2.33. The van der Waals surface area contributed by atoms with E-state index >= 15 is 0 Å². The Morgan fingerprint density at radius 2 is 1.50 bits per heavy atom. The highest BCUT2D eigenvalue weighted by Crippen LogP contribution is 2.22. The third-order valence-electron chi connectivity index (χ3n) is 5.13. The van der Waals surface area contributed by atoms with E-state index in [1.807, 2.05) is 20.8 Å². The van der Waals surface area contributed by atoms with E-state index in [4.69, 9.17) is 23.2 Å². The molecule has 2 amide bonds. The lowest BCUT2D eigenvalue weighted by Crippen LogP contribution is -2.52. The van der Waals surface area contributed by atoms with Crippen LogP contribution in [0.5, 0.6) is 0 Å². The number of nitrogens with one attached hydrogen (secondary N) is 1. The van der Waals surface area contributed by atoms with Crippen LogP contribution in [0.25, 0.3) is 0 Å². The molecule has 1 N–H and O–H groups in total. The highest BCUT2D eigenvalue weighted by Gasteiger charge is 2.31. The smallest absolute Gasteiger partial charge is 0.244 e. The van der Waals surface area contributed by atoms with Gasteiger partial charge < -0.3 is 10.2 Å². The summed E-state index contributed by atoms with van der Waals surface area (Å²) in [6, 6.07) is 12.4. The molecule has 186 valence electrons. The minimum absolute atomic E-state index is 0.127. The summed E-state index contributed by atoms with van der Waals surface area (Å²) < 4.78 is 26.1. The van der Waals surface area contributed by atoms with Crippen LogP contribution in [0.15, 0.2) is 48.5 Å². The van der Waals surface area contributed by atoms with Crippen molar-refractivity contribution < 1.29 is 18.0 Å². The van der Waals surface area contributed by atoms with Gasteiger partial charge in [-0.2, -0.15) is 0 Å². The van der Waals surface area contributed by atoms with Crippen molar-refractivity contribution in [1.82, 2.24) is 10.2 Å². The first-order valence-electron chi connectivity index (χ1n) is 11.0. The van der Waals surface area contributed by atoms with Crippen LogP contribution in [0.2, 0.25) is 10.0 Å². The van der Waals surface area contributed by atoms with E-state index in [0.29, 0.717) is 28.7 Å². The lowest BCUT2D eigenvalue weighted by atomic mass is 10.1. The number of anilines is 1. The van der Waals surface area contributed by atoms with Crippen molar-refractivity contribution in [2.75, 3.05) is 23.7 Å². The standard InChI is InChI=1S/C24H31Cl2N3O4S/c1-5-22(24(31)27-14-17(2)3)28(15-18-6-8-19(25)9-7-18)23(30)16-29(34(4,32)33)21-12-10-20(26)11-13-21/h6-13,17,22H,5,14-16H2,1-4H3,(H,27,31)/t22-/m1/s1. The van der Waals surface area contributed by atoms with Gasteiger partial charge in [0.2, 0.25) is 21.8 Å². The molecule has 0 heterocycles. The van der Waals surface area contributed by atoms with Crippen molar-refractivity contribution in [3.05, 3.63) is 64.1 Å². The average Bonchev–Trinajstić information content (AvgIpc) is 2.77. The molecular weight excluding hydrogens is 497 g/mol. The van der Waals surface area contributed by atoms with Crippen molar-refractivity contribution >= 4 is 50.7 Å². The SMILES string of the molecule is CC[C@H](C(=O)NCC(C)C)N(Cc1ccc(Cl)cc1)C(=O)CN(c1ccc(Cl)cc1)S(C)(=O)=O. The molecule has 0 aliphatic rings. The van der Waals surface area contributed by atoms with E-state index in [0.717, 1.165) is 16.1 Å². The van der Waals surface area contributed by atoms with Gasteiger partial charge in [0.15, 0.2) is 0 Å². The Morgan fingerprint density at radius 3 is 1.97 bits per heavy atom. The van der Waals surface area contributed by atoms with E-state index in [-0.39, 0.29) is 18.4 Å². The largest absolute Gasteiger partial charge is 0.354 e. The molecule has 34 heavy (non-hydrogen) atoms. The molecule has 0 aliphatic heterocycles. The molecular formula is C24H31Cl2N3O4S. The highest BCUT2D eigenvalue weighted by atomic mass is 35.5.